The summed E-state index contributed by atoms with van der Waals surface area (Å²) in [6, 6.07) is 0. The lowest BCUT2D eigenvalue weighted by atomic mass is 9.44. The molecule has 0 saturated heterocycles. The maximum Gasteiger partial charge on any atom is 0.0543 e. The Morgan fingerprint density at radius 3 is 2.27 bits per heavy atom. The second-order valence-corrected chi connectivity index (χ2v) is 12.6. The van der Waals surface area contributed by atoms with Gasteiger partial charge in [-0.1, -0.05) is 46.8 Å². The number of rotatable bonds is 5. The highest BCUT2D eigenvalue weighted by Crippen LogP contribution is 2.68. The Balaban J connectivity index is 1.49. The van der Waals surface area contributed by atoms with Crippen LogP contribution in [0.3, 0.4) is 0 Å². The third kappa shape index (κ3) is 3.72. The van der Waals surface area contributed by atoms with Gasteiger partial charge in [-0.2, -0.15) is 0 Å². The summed E-state index contributed by atoms with van der Waals surface area (Å²) in [4.78, 5) is 0. The second kappa shape index (κ2) is 8.54. The molecule has 4 fully saturated rings. The maximum atomic E-state index is 10.3. The minimum atomic E-state index is -0.0365. The van der Waals surface area contributed by atoms with E-state index >= 15 is 0 Å². The average Bonchev–Trinajstić information content (AvgIpc) is 3.06. The van der Waals surface area contributed by atoms with Gasteiger partial charge in [0.15, 0.2) is 0 Å². The first-order valence-electron chi connectivity index (χ1n) is 13.2. The van der Waals surface area contributed by atoms with E-state index in [0.29, 0.717) is 28.6 Å². The predicted octanol–water partition coefficient (Wildman–Crippen LogP) is 6.46. The zero-order valence-electron chi connectivity index (χ0n) is 20.3. The molecule has 4 aliphatic carbocycles. The standard InChI is InChI=1S/C28H48O2/c1-18(2)20(17-29)7-6-19(3)24-10-11-25-23-9-8-21-16-22(30)12-14-27(21,4)26(23)13-15-28(24,25)5/h6-7,18-26,29-30H,8-17H2,1-5H3/t19-,20+,21?,22+,23+,24-,25+,26+,27+,28-/m1/s1. The molecule has 2 nitrogen and oxygen atoms in total. The van der Waals surface area contributed by atoms with Gasteiger partial charge in [-0.15, -0.1) is 0 Å². The van der Waals surface area contributed by atoms with E-state index in [1.54, 1.807) is 0 Å². The summed E-state index contributed by atoms with van der Waals surface area (Å²) in [6.45, 7) is 12.4. The van der Waals surface area contributed by atoms with Crippen LogP contribution in [0.25, 0.3) is 0 Å². The van der Waals surface area contributed by atoms with Crippen molar-refractivity contribution in [3.8, 4) is 0 Å². The molecule has 4 aliphatic rings. The highest BCUT2D eigenvalue weighted by atomic mass is 16.3. The van der Waals surface area contributed by atoms with Gasteiger partial charge in [0.2, 0.25) is 0 Å². The molecule has 0 radical (unpaired) electrons. The molecule has 0 bridgehead atoms. The molecule has 0 heterocycles. The molecule has 2 N–H and O–H groups in total. The van der Waals surface area contributed by atoms with Gasteiger partial charge in [0.25, 0.3) is 0 Å². The van der Waals surface area contributed by atoms with Gasteiger partial charge in [-0.05, 0) is 110 Å². The van der Waals surface area contributed by atoms with Crippen LogP contribution in [0.2, 0.25) is 0 Å². The molecule has 2 heteroatoms. The van der Waals surface area contributed by atoms with Gasteiger partial charge >= 0.3 is 0 Å². The molecule has 0 aromatic heterocycles. The predicted molar refractivity (Wildman–Crippen MR) is 125 cm³/mol. The first kappa shape index (κ1) is 22.8. The Labute approximate surface area is 185 Å². The van der Waals surface area contributed by atoms with E-state index in [2.05, 4.69) is 46.8 Å². The molecule has 0 spiro atoms. The number of hydrogen-bond acceptors (Lipinski definition) is 2. The van der Waals surface area contributed by atoms with Crippen LogP contribution in [0.4, 0.5) is 0 Å². The molecule has 0 aromatic carbocycles. The number of fused-ring (bicyclic) bond motifs is 5. The number of allylic oxidation sites excluding steroid dienone is 1. The monoisotopic (exact) mass is 416 g/mol. The van der Waals surface area contributed by atoms with Crippen LogP contribution in [-0.4, -0.2) is 22.9 Å². The lowest BCUT2D eigenvalue weighted by molar-refractivity contribution is -0.128. The number of aliphatic hydroxyl groups excluding tert-OH is 2. The van der Waals surface area contributed by atoms with E-state index < -0.39 is 0 Å². The fourth-order valence-electron chi connectivity index (χ4n) is 9.09. The van der Waals surface area contributed by atoms with Gasteiger partial charge < -0.3 is 10.2 Å². The van der Waals surface area contributed by atoms with Crippen LogP contribution in [0.5, 0.6) is 0 Å². The van der Waals surface area contributed by atoms with Crippen LogP contribution < -0.4 is 0 Å². The van der Waals surface area contributed by atoms with Crippen molar-refractivity contribution in [1.29, 1.82) is 0 Å². The van der Waals surface area contributed by atoms with E-state index in [0.717, 1.165) is 42.4 Å². The second-order valence-electron chi connectivity index (χ2n) is 12.6. The maximum absolute atomic E-state index is 10.3. The Hall–Kier alpha value is -0.340. The summed E-state index contributed by atoms with van der Waals surface area (Å²) in [5.41, 5.74) is 0.980. The van der Waals surface area contributed by atoms with Crippen molar-refractivity contribution in [1.82, 2.24) is 0 Å². The highest BCUT2D eigenvalue weighted by Gasteiger charge is 2.60. The third-order valence-electron chi connectivity index (χ3n) is 11.1. The van der Waals surface area contributed by atoms with Crippen LogP contribution in [-0.2, 0) is 0 Å². The van der Waals surface area contributed by atoms with Crippen molar-refractivity contribution >= 4 is 0 Å². The Morgan fingerprint density at radius 1 is 0.867 bits per heavy atom. The average molecular weight is 417 g/mol. The van der Waals surface area contributed by atoms with E-state index in [4.69, 9.17) is 0 Å². The van der Waals surface area contributed by atoms with Crippen LogP contribution >= 0.6 is 0 Å². The van der Waals surface area contributed by atoms with E-state index in [-0.39, 0.29) is 12.7 Å². The van der Waals surface area contributed by atoms with Crippen molar-refractivity contribution in [2.45, 2.75) is 98.5 Å². The molecule has 10 atom stereocenters. The summed E-state index contributed by atoms with van der Waals surface area (Å²) in [5.74, 6) is 5.69. The van der Waals surface area contributed by atoms with Gasteiger partial charge in [0, 0.05) is 12.5 Å². The van der Waals surface area contributed by atoms with Crippen LogP contribution in [0, 0.1) is 58.2 Å². The zero-order valence-corrected chi connectivity index (χ0v) is 20.3. The minimum Gasteiger partial charge on any atom is -0.396 e. The molecule has 0 amide bonds. The normalized spacial score (nSPS) is 48.3. The van der Waals surface area contributed by atoms with Crippen molar-refractivity contribution in [2.75, 3.05) is 6.61 Å². The Morgan fingerprint density at radius 2 is 1.57 bits per heavy atom. The Kier molecular flexibility index (Phi) is 6.50. The van der Waals surface area contributed by atoms with Gasteiger partial charge in [-0.3, -0.25) is 0 Å². The molecule has 1 unspecified atom stereocenters. The van der Waals surface area contributed by atoms with Gasteiger partial charge in [0.1, 0.15) is 0 Å². The van der Waals surface area contributed by atoms with Gasteiger partial charge in [0.05, 0.1) is 6.10 Å². The molecule has 0 aliphatic heterocycles. The summed E-state index contributed by atoms with van der Waals surface area (Å²) in [5, 5.41) is 20.0. The molecule has 4 rings (SSSR count). The molecule has 172 valence electrons. The zero-order chi connectivity index (χ0) is 21.7. The summed E-state index contributed by atoms with van der Waals surface area (Å²) in [7, 11) is 0. The fourth-order valence-corrected chi connectivity index (χ4v) is 9.09. The topological polar surface area (TPSA) is 40.5 Å². The highest BCUT2D eigenvalue weighted by molar-refractivity contribution is 5.11. The van der Waals surface area contributed by atoms with E-state index in [1.165, 1.54) is 44.9 Å². The summed E-state index contributed by atoms with van der Waals surface area (Å²) >= 11 is 0. The van der Waals surface area contributed by atoms with Gasteiger partial charge in [-0.25, -0.2) is 0 Å². The number of aliphatic hydroxyl groups is 2. The van der Waals surface area contributed by atoms with E-state index in [1.807, 2.05) is 0 Å². The smallest absolute Gasteiger partial charge is 0.0543 e. The first-order valence-corrected chi connectivity index (χ1v) is 13.2. The molecular weight excluding hydrogens is 368 g/mol. The van der Waals surface area contributed by atoms with E-state index in [9.17, 15) is 10.2 Å². The molecular formula is C28H48O2. The lowest BCUT2D eigenvalue weighted by Crippen LogP contribution is -2.54. The SMILES string of the molecule is CC(C)[C@@H](C=C[C@@H](C)[C@H]1CC[C@H]2[C@@H]3CCC4C[C@@H](O)CC[C@]4(C)[C@H]3CC[C@]12C)CO. The van der Waals surface area contributed by atoms with Crippen LogP contribution in [0.15, 0.2) is 12.2 Å². The number of hydrogen-bond donors (Lipinski definition) is 2. The van der Waals surface area contributed by atoms with Crippen molar-refractivity contribution in [3.63, 3.8) is 0 Å². The molecule has 30 heavy (non-hydrogen) atoms. The first-order chi connectivity index (χ1) is 14.2. The summed E-state index contributed by atoms with van der Waals surface area (Å²) < 4.78 is 0. The Bertz CT molecular complexity index is 626. The molecule has 0 aromatic rings. The lowest BCUT2D eigenvalue weighted by Gasteiger charge is -2.61. The molecule has 4 saturated carbocycles. The largest absolute Gasteiger partial charge is 0.396 e. The quantitative estimate of drug-likeness (QED) is 0.505. The summed E-state index contributed by atoms with van der Waals surface area (Å²) in [6.07, 6.45) is 16.5. The minimum absolute atomic E-state index is 0.0365. The fraction of sp³-hybridized carbons (Fsp3) is 0.929. The van der Waals surface area contributed by atoms with Crippen LogP contribution in [0.1, 0.15) is 92.4 Å². The van der Waals surface area contributed by atoms with Crippen molar-refractivity contribution in [3.05, 3.63) is 12.2 Å². The van der Waals surface area contributed by atoms with Crippen molar-refractivity contribution in [2.24, 2.45) is 58.2 Å². The van der Waals surface area contributed by atoms with Crippen molar-refractivity contribution < 1.29 is 10.2 Å². The third-order valence-corrected chi connectivity index (χ3v) is 11.1.